The van der Waals surface area contributed by atoms with E-state index >= 15 is 0 Å². The molecule has 0 spiro atoms. The number of hydrogen-bond donors (Lipinski definition) is 3. The number of rotatable bonds is 5. The van der Waals surface area contributed by atoms with Crippen LogP contribution in [0.25, 0.3) is 0 Å². The van der Waals surface area contributed by atoms with Crippen LogP contribution in [0.1, 0.15) is 25.1 Å². The molecular weight excluding hydrogens is 268 g/mol. The topological polar surface area (TPSA) is 114 Å². The molecule has 3 atom stereocenters. The van der Waals surface area contributed by atoms with Gasteiger partial charge in [0.05, 0.1) is 24.9 Å². The molecule has 8 nitrogen and oxygen atoms in total. The summed E-state index contributed by atoms with van der Waals surface area (Å²) in [6, 6.07) is 0. The second-order valence-corrected chi connectivity index (χ2v) is 4.59. The number of aliphatic hydroxyl groups excluding tert-OH is 2. The fourth-order valence-corrected chi connectivity index (χ4v) is 2.13. The summed E-state index contributed by atoms with van der Waals surface area (Å²) in [5.74, 6) is 0. The lowest BCUT2D eigenvalue weighted by Gasteiger charge is -2.17. The normalized spacial score (nSPS) is 26.1. The number of aromatic amines is 1. The van der Waals surface area contributed by atoms with E-state index in [4.69, 9.17) is 14.6 Å². The summed E-state index contributed by atoms with van der Waals surface area (Å²) >= 11 is 0. The molecule has 0 bridgehead atoms. The molecule has 1 aliphatic rings. The minimum absolute atomic E-state index is 0.0678. The van der Waals surface area contributed by atoms with Crippen molar-refractivity contribution in [2.24, 2.45) is 0 Å². The van der Waals surface area contributed by atoms with Crippen molar-refractivity contribution in [3.05, 3.63) is 32.6 Å². The van der Waals surface area contributed by atoms with Crippen LogP contribution >= 0.6 is 0 Å². The van der Waals surface area contributed by atoms with Crippen molar-refractivity contribution < 1.29 is 19.7 Å². The lowest BCUT2D eigenvalue weighted by Crippen LogP contribution is -2.37. The third-order valence-corrected chi connectivity index (χ3v) is 3.15. The molecule has 0 saturated carbocycles. The first-order valence-corrected chi connectivity index (χ1v) is 6.43. The summed E-state index contributed by atoms with van der Waals surface area (Å²) in [4.78, 5) is 25.6. The van der Waals surface area contributed by atoms with Crippen LogP contribution in [0.15, 0.2) is 15.8 Å². The number of aliphatic hydroxyl groups is 2. The molecule has 1 aliphatic heterocycles. The Morgan fingerprint density at radius 2 is 2.30 bits per heavy atom. The van der Waals surface area contributed by atoms with E-state index in [1.165, 1.54) is 6.20 Å². The zero-order valence-electron chi connectivity index (χ0n) is 11.1. The summed E-state index contributed by atoms with van der Waals surface area (Å²) in [5.41, 5.74) is -0.918. The average Bonchev–Trinajstić information content (AvgIpc) is 2.79. The molecule has 1 unspecified atom stereocenters. The third-order valence-electron chi connectivity index (χ3n) is 3.15. The van der Waals surface area contributed by atoms with Crippen LogP contribution in [0.4, 0.5) is 0 Å². The summed E-state index contributed by atoms with van der Waals surface area (Å²) in [5, 5.41) is 18.9. The fourth-order valence-electron chi connectivity index (χ4n) is 2.13. The zero-order valence-corrected chi connectivity index (χ0v) is 11.1. The largest absolute Gasteiger partial charge is 0.394 e. The number of nitrogens with one attached hydrogen (secondary N) is 1. The lowest BCUT2D eigenvalue weighted by atomic mass is 10.2. The molecule has 3 N–H and O–H groups in total. The highest BCUT2D eigenvalue weighted by Gasteiger charge is 2.35. The van der Waals surface area contributed by atoms with E-state index in [1.54, 1.807) is 6.92 Å². The maximum absolute atomic E-state index is 11.8. The van der Waals surface area contributed by atoms with Gasteiger partial charge < -0.3 is 19.7 Å². The van der Waals surface area contributed by atoms with Crippen molar-refractivity contribution in [3.63, 3.8) is 0 Å². The minimum atomic E-state index is -0.921. The SMILES string of the molecule is CCOCc1cn([C@H]2O[C@@H](CO)CC2O)c(=O)[nH]c1=O. The summed E-state index contributed by atoms with van der Waals surface area (Å²) < 4.78 is 11.7. The molecule has 112 valence electrons. The molecule has 8 heteroatoms. The van der Waals surface area contributed by atoms with Crippen LogP contribution in [0, 0.1) is 0 Å². The van der Waals surface area contributed by atoms with Gasteiger partial charge in [-0.3, -0.25) is 14.3 Å². The fraction of sp³-hybridized carbons (Fsp3) is 0.667. The monoisotopic (exact) mass is 286 g/mol. The number of nitrogens with zero attached hydrogens (tertiary/aromatic N) is 1. The smallest absolute Gasteiger partial charge is 0.330 e. The van der Waals surface area contributed by atoms with Crippen LogP contribution < -0.4 is 11.2 Å². The van der Waals surface area contributed by atoms with Crippen LogP contribution in [-0.4, -0.2) is 45.2 Å². The van der Waals surface area contributed by atoms with Crippen molar-refractivity contribution in [1.82, 2.24) is 9.55 Å². The van der Waals surface area contributed by atoms with Crippen molar-refractivity contribution >= 4 is 0 Å². The van der Waals surface area contributed by atoms with Crippen LogP contribution in [0.5, 0.6) is 0 Å². The van der Waals surface area contributed by atoms with Crippen molar-refractivity contribution in [1.29, 1.82) is 0 Å². The van der Waals surface area contributed by atoms with Crippen LogP contribution in [-0.2, 0) is 16.1 Å². The van der Waals surface area contributed by atoms with E-state index in [-0.39, 0.29) is 25.2 Å². The molecule has 1 aromatic heterocycles. The average molecular weight is 286 g/mol. The highest BCUT2D eigenvalue weighted by molar-refractivity contribution is 5.04. The quantitative estimate of drug-likeness (QED) is 0.621. The van der Waals surface area contributed by atoms with Gasteiger partial charge in [0.2, 0.25) is 0 Å². The van der Waals surface area contributed by atoms with Crippen molar-refractivity contribution in [3.8, 4) is 0 Å². The Bertz CT molecular complexity index is 566. The first-order valence-electron chi connectivity index (χ1n) is 6.43. The van der Waals surface area contributed by atoms with Gasteiger partial charge in [-0.15, -0.1) is 0 Å². The van der Waals surface area contributed by atoms with E-state index in [0.717, 1.165) is 4.57 Å². The van der Waals surface area contributed by atoms with Gasteiger partial charge in [-0.2, -0.15) is 0 Å². The highest BCUT2D eigenvalue weighted by Crippen LogP contribution is 2.27. The Labute approximate surface area is 114 Å². The molecule has 2 rings (SSSR count). The van der Waals surface area contributed by atoms with Gasteiger partial charge in [-0.05, 0) is 6.92 Å². The first-order chi connectivity index (χ1) is 9.56. The molecule has 1 aromatic rings. The Hall–Kier alpha value is -1.48. The molecule has 1 fully saturated rings. The summed E-state index contributed by atoms with van der Waals surface area (Å²) in [6.07, 6.45) is -0.811. The highest BCUT2D eigenvalue weighted by atomic mass is 16.5. The van der Waals surface area contributed by atoms with Gasteiger partial charge in [-0.1, -0.05) is 0 Å². The molecule has 2 heterocycles. The second kappa shape index (κ2) is 6.31. The number of ether oxygens (including phenoxy) is 2. The number of H-pyrrole nitrogens is 1. The standard InChI is InChI=1S/C12H18N2O6/c1-2-19-6-7-4-14(12(18)13-10(7)17)11-9(16)3-8(5-15)20-11/h4,8-9,11,15-16H,2-3,5-6H2,1H3,(H,13,17,18)/t8-,9?,11+/m1/s1. The van der Waals surface area contributed by atoms with Gasteiger partial charge >= 0.3 is 5.69 Å². The number of hydrogen-bond acceptors (Lipinski definition) is 6. The molecule has 20 heavy (non-hydrogen) atoms. The van der Waals surface area contributed by atoms with E-state index in [0.29, 0.717) is 6.61 Å². The molecule has 1 saturated heterocycles. The van der Waals surface area contributed by atoms with Gasteiger partial charge in [0, 0.05) is 19.2 Å². The van der Waals surface area contributed by atoms with E-state index in [1.807, 2.05) is 0 Å². The first kappa shape index (κ1) is 14.9. The predicted molar refractivity (Wildman–Crippen MR) is 68.3 cm³/mol. The Morgan fingerprint density at radius 1 is 1.55 bits per heavy atom. The zero-order chi connectivity index (χ0) is 14.7. The van der Waals surface area contributed by atoms with Crippen molar-refractivity contribution in [2.45, 2.75) is 38.4 Å². The summed E-state index contributed by atoms with van der Waals surface area (Å²) in [7, 11) is 0. The van der Waals surface area contributed by atoms with Crippen molar-refractivity contribution in [2.75, 3.05) is 13.2 Å². The van der Waals surface area contributed by atoms with Gasteiger partial charge in [-0.25, -0.2) is 4.79 Å². The maximum atomic E-state index is 11.8. The number of aromatic nitrogens is 2. The predicted octanol–water partition coefficient (Wildman–Crippen LogP) is -1.29. The van der Waals surface area contributed by atoms with E-state index in [9.17, 15) is 14.7 Å². The molecule has 0 radical (unpaired) electrons. The Balaban J connectivity index is 2.31. The third kappa shape index (κ3) is 2.98. The van der Waals surface area contributed by atoms with Crippen LogP contribution in [0.3, 0.4) is 0 Å². The lowest BCUT2D eigenvalue weighted by molar-refractivity contribution is -0.0533. The van der Waals surface area contributed by atoms with E-state index in [2.05, 4.69) is 4.98 Å². The molecular formula is C12H18N2O6. The van der Waals surface area contributed by atoms with Gasteiger partial charge in [0.25, 0.3) is 5.56 Å². The Kier molecular flexibility index (Phi) is 4.71. The molecule has 0 aliphatic carbocycles. The maximum Gasteiger partial charge on any atom is 0.330 e. The molecule has 0 amide bonds. The van der Waals surface area contributed by atoms with Gasteiger partial charge in [0.1, 0.15) is 6.10 Å². The van der Waals surface area contributed by atoms with Crippen LogP contribution in [0.2, 0.25) is 0 Å². The Morgan fingerprint density at radius 3 is 2.90 bits per heavy atom. The summed E-state index contributed by atoms with van der Waals surface area (Å²) in [6.45, 7) is 2.06. The second-order valence-electron chi connectivity index (χ2n) is 4.59. The van der Waals surface area contributed by atoms with E-state index < -0.39 is 29.7 Å². The molecule has 0 aromatic carbocycles. The van der Waals surface area contributed by atoms with Gasteiger partial charge in [0.15, 0.2) is 6.23 Å². The minimum Gasteiger partial charge on any atom is -0.394 e.